The number of aryl methyl sites for hydroxylation is 1. The van der Waals surface area contributed by atoms with E-state index in [4.69, 9.17) is 5.73 Å². The van der Waals surface area contributed by atoms with E-state index in [9.17, 15) is 4.79 Å². The molecule has 0 aliphatic carbocycles. The molecule has 0 aliphatic rings. The van der Waals surface area contributed by atoms with Crippen molar-refractivity contribution in [2.45, 2.75) is 13.5 Å². The van der Waals surface area contributed by atoms with Crippen molar-refractivity contribution in [1.29, 1.82) is 0 Å². The molecule has 0 unspecified atom stereocenters. The van der Waals surface area contributed by atoms with E-state index in [1.165, 1.54) is 4.68 Å². The van der Waals surface area contributed by atoms with Crippen LogP contribution in [0.1, 0.15) is 16.1 Å². The van der Waals surface area contributed by atoms with Crippen LogP contribution in [0.4, 0.5) is 5.69 Å². The van der Waals surface area contributed by atoms with Gasteiger partial charge < -0.3 is 11.1 Å². The summed E-state index contributed by atoms with van der Waals surface area (Å²) in [6, 6.07) is 1.83. The SMILES string of the molecule is Cc1cncc(NC(=O)c2cn(CCN)nn2)c1. The lowest BCUT2D eigenvalue weighted by atomic mass is 10.3. The van der Waals surface area contributed by atoms with Crippen LogP contribution in [0.25, 0.3) is 0 Å². The van der Waals surface area contributed by atoms with Gasteiger partial charge in [0.2, 0.25) is 0 Å². The van der Waals surface area contributed by atoms with Crippen LogP contribution < -0.4 is 11.1 Å². The second-order valence-electron chi connectivity index (χ2n) is 3.86. The van der Waals surface area contributed by atoms with Crippen molar-refractivity contribution in [3.63, 3.8) is 0 Å². The molecule has 2 aromatic heterocycles. The zero-order valence-electron chi connectivity index (χ0n) is 10.00. The lowest BCUT2D eigenvalue weighted by molar-refractivity contribution is 0.102. The number of hydrogen-bond donors (Lipinski definition) is 2. The number of aromatic nitrogens is 4. The molecule has 2 rings (SSSR count). The Bertz CT molecular complexity index is 550. The van der Waals surface area contributed by atoms with Crippen LogP contribution >= 0.6 is 0 Å². The first-order valence-electron chi connectivity index (χ1n) is 5.52. The third-order valence-electron chi connectivity index (χ3n) is 2.26. The summed E-state index contributed by atoms with van der Waals surface area (Å²) >= 11 is 0. The molecule has 2 heterocycles. The normalized spacial score (nSPS) is 10.3. The highest BCUT2D eigenvalue weighted by Crippen LogP contribution is 2.08. The predicted octanol–water partition coefficient (Wildman–Crippen LogP) is 0.193. The topological polar surface area (TPSA) is 98.7 Å². The van der Waals surface area contributed by atoms with Crippen molar-refractivity contribution in [3.05, 3.63) is 35.9 Å². The summed E-state index contributed by atoms with van der Waals surface area (Å²) < 4.78 is 1.53. The number of carbonyl (C=O) groups is 1. The van der Waals surface area contributed by atoms with E-state index in [2.05, 4.69) is 20.6 Å². The average Bonchev–Trinajstić information content (AvgIpc) is 2.78. The molecule has 0 spiro atoms. The summed E-state index contributed by atoms with van der Waals surface area (Å²) in [6.45, 7) is 2.89. The highest BCUT2D eigenvalue weighted by Gasteiger charge is 2.10. The van der Waals surface area contributed by atoms with Gasteiger partial charge in [0.05, 0.1) is 24.6 Å². The Morgan fingerprint density at radius 3 is 3.06 bits per heavy atom. The van der Waals surface area contributed by atoms with E-state index in [1.54, 1.807) is 18.6 Å². The van der Waals surface area contributed by atoms with Gasteiger partial charge in [0, 0.05) is 12.7 Å². The monoisotopic (exact) mass is 246 g/mol. The molecule has 0 aliphatic heterocycles. The Labute approximate surface area is 104 Å². The fraction of sp³-hybridized carbons (Fsp3) is 0.273. The van der Waals surface area contributed by atoms with Crippen molar-refractivity contribution >= 4 is 11.6 Å². The molecule has 94 valence electrons. The number of rotatable bonds is 4. The Morgan fingerprint density at radius 1 is 1.50 bits per heavy atom. The Morgan fingerprint density at radius 2 is 2.33 bits per heavy atom. The van der Waals surface area contributed by atoms with Crippen LogP contribution in [0.5, 0.6) is 0 Å². The second kappa shape index (κ2) is 5.37. The van der Waals surface area contributed by atoms with Crippen LogP contribution in [-0.2, 0) is 6.54 Å². The van der Waals surface area contributed by atoms with Gasteiger partial charge in [-0.1, -0.05) is 5.21 Å². The van der Waals surface area contributed by atoms with Gasteiger partial charge in [-0.2, -0.15) is 0 Å². The summed E-state index contributed by atoms with van der Waals surface area (Å²) in [6.07, 6.45) is 4.85. The lowest BCUT2D eigenvalue weighted by Crippen LogP contribution is -2.13. The van der Waals surface area contributed by atoms with E-state index in [0.29, 0.717) is 18.8 Å². The molecule has 3 N–H and O–H groups in total. The van der Waals surface area contributed by atoms with Crippen molar-refractivity contribution in [2.75, 3.05) is 11.9 Å². The van der Waals surface area contributed by atoms with E-state index in [1.807, 2.05) is 13.0 Å². The summed E-state index contributed by atoms with van der Waals surface area (Å²) in [5, 5.41) is 10.3. The molecule has 0 bridgehead atoms. The Balaban J connectivity index is 2.07. The smallest absolute Gasteiger partial charge is 0.277 e. The number of nitrogens with two attached hydrogens (primary N) is 1. The minimum absolute atomic E-state index is 0.255. The van der Waals surface area contributed by atoms with Gasteiger partial charge in [0.1, 0.15) is 0 Å². The molecule has 7 nitrogen and oxygen atoms in total. The molecule has 18 heavy (non-hydrogen) atoms. The predicted molar refractivity (Wildman–Crippen MR) is 66.0 cm³/mol. The third kappa shape index (κ3) is 2.89. The molecule has 7 heteroatoms. The highest BCUT2D eigenvalue weighted by atomic mass is 16.2. The van der Waals surface area contributed by atoms with Crippen molar-refractivity contribution < 1.29 is 4.79 Å². The molecule has 0 saturated heterocycles. The quantitative estimate of drug-likeness (QED) is 0.802. The van der Waals surface area contributed by atoms with Gasteiger partial charge in [-0.05, 0) is 18.6 Å². The highest BCUT2D eigenvalue weighted by molar-refractivity contribution is 6.02. The molecular weight excluding hydrogens is 232 g/mol. The first kappa shape index (κ1) is 12.2. The third-order valence-corrected chi connectivity index (χ3v) is 2.26. The van der Waals surface area contributed by atoms with E-state index >= 15 is 0 Å². The van der Waals surface area contributed by atoms with Crippen LogP contribution in [0, 0.1) is 6.92 Å². The number of anilines is 1. The van der Waals surface area contributed by atoms with E-state index < -0.39 is 0 Å². The van der Waals surface area contributed by atoms with Gasteiger partial charge in [0.15, 0.2) is 5.69 Å². The van der Waals surface area contributed by atoms with Gasteiger partial charge in [-0.3, -0.25) is 14.5 Å². The van der Waals surface area contributed by atoms with Crippen LogP contribution in [-0.4, -0.2) is 32.4 Å². The number of amides is 1. The Hall–Kier alpha value is -2.28. The summed E-state index contributed by atoms with van der Waals surface area (Å²) in [4.78, 5) is 15.9. The van der Waals surface area contributed by atoms with Crippen LogP contribution in [0.3, 0.4) is 0 Å². The number of nitrogens with one attached hydrogen (secondary N) is 1. The van der Waals surface area contributed by atoms with Crippen molar-refractivity contribution in [2.24, 2.45) is 5.73 Å². The zero-order valence-corrected chi connectivity index (χ0v) is 10.00. The van der Waals surface area contributed by atoms with E-state index in [-0.39, 0.29) is 11.6 Å². The number of pyridine rings is 1. The van der Waals surface area contributed by atoms with Gasteiger partial charge in [-0.25, -0.2) is 0 Å². The number of carbonyl (C=O) groups excluding carboxylic acids is 1. The minimum Gasteiger partial charge on any atom is -0.329 e. The average molecular weight is 246 g/mol. The molecule has 1 amide bonds. The first-order chi connectivity index (χ1) is 8.69. The molecule has 0 radical (unpaired) electrons. The van der Waals surface area contributed by atoms with Crippen molar-refractivity contribution in [1.82, 2.24) is 20.0 Å². The summed E-state index contributed by atoms with van der Waals surface area (Å²) in [7, 11) is 0. The fourth-order valence-corrected chi connectivity index (χ4v) is 1.46. The van der Waals surface area contributed by atoms with Gasteiger partial charge >= 0.3 is 0 Å². The number of nitrogens with zero attached hydrogens (tertiary/aromatic N) is 4. The molecular formula is C11H14N6O. The van der Waals surface area contributed by atoms with E-state index in [0.717, 1.165) is 5.56 Å². The second-order valence-corrected chi connectivity index (χ2v) is 3.86. The fourth-order valence-electron chi connectivity index (χ4n) is 1.46. The molecule has 0 atom stereocenters. The maximum atomic E-state index is 11.9. The summed E-state index contributed by atoms with van der Waals surface area (Å²) in [5.41, 5.74) is 7.25. The van der Waals surface area contributed by atoms with Gasteiger partial charge in [0.25, 0.3) is 5.91 Å². The molecule has 0 aromatic carbocycles. The van der Waals surface area contributed by atoms with Crippen molar-refractivity contribution in [3.8, 4) is 0 Å². The maximum absolute atomic E-state index is 11.9. The standard InChI is InChI=1S/C11H14N6O/c1-8-4-9(6-13-5-8)14-11(18)10-7-17(3-2-12)16-15-10/h4-7H,2-3,12H2,1H3,(H,14,18). The Kier molecular flexibility index (Phi) is 3.63. The number of hydrogen-bond acceptors (Lipinski definition) is 5. The molecule has 2 aromatic rings. The molecule has 0 saturated carbocycles. The molecule has 0 fully saturated rings. The van der Waals surface area contributed by atoms with Crippen LogP contribution in [0.2, 0.25) is 0 Å². The maximum Gasteiger partial charge on any atom is 0.277 e. The lowest BCUT2D eigenvalue weighted by Gasteiger charge is -2.02. The first-order valence-corrected chi connectivity index (χ1v) is 5.52. The zero-order chi connectivity index (χ0) is 13.0. The largest absolute Gasteiger partial charge is 0.329 e. The minimum atomic E-state index is -0.314. The van der Waals surface area contributed by atoms with Crippen LogP contribution in [0.15, 0.2) is 24.7 Å². The summed E-state index contributed by atoms with van der Waals surface area (Å²) in [5.74, 6) is -0.314. The van der Waals surface area contributed by atoms with Gasteiger partial charge in [-0.15, -0.1) is 5.10 Å².